The molecule has 0 aliphatic rings. The van der Waals surface area contributed by atoms with Crippen LogP contribution in [0.3, 0.4) is 0 Å². The van der Waals surface area contributed by atoms with Crippen molar-refractivity contribution in [1.29, 1.82) is 0 Å². The second-order valence-electron chi connectivity index (χ2n) is 2.01. The third-order valence-electron chi connectivity index (χ3n) is 1.17. The highest BCUT2D eigenvalue weighted by molar-refractivity contribution is 5.51. The smallest absolute Gasteiger partial charge is 0.141 e. The van der Waals surface area contributed by atoms with Gasteiger partial charge in [-0.25, -0.2) is 0 Å². The molecule has 0 aromatic carbocycles. The van der Waals surface area contributed by atoms with Gasteiger partial charge in [-0.1, -0.05) is 13.3 Å². The zero-order chi connectivity index (χ0) is 7.82. The Balaban J connectivity index is 3.38. The minimum Gasteiger partial charge on any atom is -0.301 e. The molecule has 0 unspecified atom stereocenters. The van der Waals surface area contributed by atoms with E-state index in [2.05, 4.69) is 5.29 Å². The zero-order valence-corrected chi connectivity index (χ0v) is 6.12. The van der Waals surface area contributed by atoms with Crippen molar-refractivity contribution < 1.29 is 4.79 Å². The zero-order valence-electron chi connectivity index (χ0n) is 6.12. The lowest BCUT2D eigenvalue weighted by atomic mass is 10.3. The summed E-state index contributed by atoms with van der Waals surface area (Å²) in [5, 5.41) is 3.89. The van der Waals surface area contributed by atoms with Crippen LogP contribution in [-0.2, 0) is 4.79 Å². The van der Waals surface area contributed by atoms with Gasteiger partial charge in [0.1, 0.15) is 6.29 Å². The van der Waals surface area contributed by atoms with Crippen LogP contribution in [0.4, 0.5) is 0 Å². The van der Waals surface area contributed by atoms with Crippen molar-refractivity contribution in [2.24, 2.45) is 5.29 Å². The summed E-state index contributed by atoms with van der Waals surface area (Å²) in [5.74, 6) is 0. The molecular weight excluding hydrogens is 132 g/mol. The minimum atomic E-state index is 0.115. The minimum absolute atomic E-state index is 0.115. The summed E-state index contributed by atoms with van der Waals surface area (Å²) in [4.78, 5) is 19.8. The van der Waals surface area contributed by atoms with Crippen molar-refractivity contribution in [3.05, 3.63) is 4.91 Å². The van der Waals surface area contributed by atoms with Crippen molar-refractivity contribution in [3.8, 4) is 0 Å². The molecule has 0 bridgehead atoms. The number of hydrogen-bond donors (Lipinski definition) is 0. The Morgan fingerprint density at radius 3 is 2.70 bits per heavy atom. The molecule has 0 aliphatic heterocycles. The number of carbonyl (C=O) groups is 1. The van der Waals surface area contributed by atoms with Gasteiger partial charge in [0, 0.05) is 6.54 Å². The highest BCUT2D eigenvalue weighted by Crippen LogP contribution is 1.92. The first-order valence-corrected chi connectivity index (χ1v) is 3.37. The van der Waals surface area contributed by atoms with Crippen LogP contribution < -0.4 is 0 Å². The highest BCUT2D eigenvalue weighted by atomic mass is 16.3. The quantitative estimate of drug-likeness (QED) is 0.317. The van der Waals surface area contributed by atoms with Gasteiger partial charge in [-0.15, -0.1) is 4.91 Å². The molecule has 0 N–H and O–H groups in total. The molecule has 4 heteroatoms. The molecule has 10 heavy (non-hydrogen) atoms. The molecule has 0 fully saturated rings. The number of aldehydes is 1. The van der Waals surface area contributed by atoms with E-state index in [1.165, 1.54) is 5.01 Å². The predicted octanol–water partition coefficient (Wildman–Crippen LogP) is 0.969. The molecule has 0 atom stereocenters. The molecule has 0 amide bonds. The number of nitrogens with zero attached hydrogens (tertiary/aromatic N) is 2. The number of rotatable bonds is 6. The lowest BCUT2D eigenvalue weighted by Gasteiger charge is -2.09. The molecule has 0 radical (unpaired) electrons. The fraction of sp³-hybridized carbons (Fsp3) is 0.833. The van der Waals surface area contributed by atoms with E-state index in [0.29, 0.717) is 12.8 Å². The number of hydrogen-bond acceptors (Lipinski definition) is 3. The molecule has 4 nitrogen and oxygen atoms in total. The molecule has 0 aliphatic carbocycles. The Morgan fingerprint density at radius 1 is 1.60 bits per heavy atom. The summed E-state index contributed by atoms with van der Waals surface area (Å²) in [6.07, 6.45) is 2.58. The van der Waals surface area contributed by atoms with E-state index in [1.54, 1.807) is 0 Å². The van der Waals surface area contributed by atoms with Crippen LogP contribution in [0, 0.1) is 4.91 Å². The number of nitroso groups, excluding NO2 is 1. The van der Waals surface area contributed by atoms with Crippen molar-refractivity contribution in [2.45, 2.75) is 19.8 Å². The third kappa shape index (κ3) is 4.00. The maximum absolute atomic E-state index is 9.92. The maximum atomic E-state index is 9.92. The van der Waals surface area contributed by atoms with E-state index in [1.807, 2.05) is 6.92 Å². The Kier molecular flexibility index (Phi) is 5.62. The van der Waals surface area contributed by atoms with Gasteiger partial charge in [0.25, 0.3) is 0 Å². The van der Waals surface area contributed by atoms with Gasteiger partial charge < -0.3 is 4.79 Å². The fourth-order valence-electron chi connectivity index (χ4n) is 0.592. The fourth-order valence-corrected chi connectivity index (χ4v) is 0.592. The van der Waals surface area contributed by atoms with Crippen LogP contribution in [0.15, 0.2) is 5.29 Å². The summed E-state index contributed by atoms with van der Waals surface area (Å²) >= 11 is 0. The SMILES string of the molecule is CCCCN(CC=O)N=O. The molecule has 58 valence electrons. The van der Waals surface area contributed by atoms with Gasteiger partial charge in [0.2, 0.25) is 0 Å². The van der Waals surface area contributed by atoms with Gasteiger partial charge >= 0.3 is 0 Å². The number of unbranched alkanes of at least 4 members (excludes halogenated alkanes) is 1. The summed E-state index contributed by atoms with van der Waals surface area (Å²) in [6, 6.07) is 0. The first-order chi connectivity index (χ1) is 4.85. The molecule has 0 aromatic rings. The van der Waals surface area contributed by atoms with Crippen LogP contribution in [0.2, 0.25) is 0 Å². The average molecular weight is 144 g/mol. The van der Waals surface area contributed by atoms with Gasteiger partial charge in [-0.3, -0.25) is 5.01 Å². The van der Waals surface area contributed by atoms with E-state index in [4.69, 9.17) is 0 Å². The Bertz CT molecular complexity index is 106. The molecule has 0 saturated heterocycles. The maximum Gasteiger partial charge on any atom is 0.141 e. The summed E-state index contributed by atoms with van der Waals surface area (Å²) in [5.41, 5.74) is 0. The van der Waals surface area contributed by atoms with Gasteiger partial charge in [-0.05, 0) is 6.42 Å². The standard InChI is InChI=1S/C6H12N2O2/c1-2-3-4-8(7-10)5-6-9/h6H,2-5H2,1H3. The van der Waals surface area contributed by atoms with Crippen molar-refractivity contribution in [3.63, 3.8) is 0 Å². The number of carbonyl (C=O) groups excluding carboxylic acids is 1. The van der Waals surface area contributed by atoms with Crippen LogP contribution in [-0.4, -0.2) is 24.4 Å². The first kappa shape index (κ1) is 9.07. The lowest BCUT2D eigenvalue weighted by molar-refractivity contribution is -0.108. The van der Waals surface area contributed by atoms with Gasteiger partial charge in [-0.2, -0.15) is 0 Å². The van der Waals surface area contributed by atoms with Crippen molar-refractivity contribution in [1.82, 2.24) is 5.01 Å². The van der Waals surface area contributed by atoms with Gasteiger partial charge in [0.15, 0.2) is 0 Å². The Hall–Kier alpha value is -0.930. The molecule has 0 spiro atoms. The topological polar surface area (TPSA) is 49.7 Å². The van der Waals surface area contributed by atoms with E-state index in [9.17, 15) is 9.70 Å². The predicted molar refractivity (Wildman–Crippen MR) is 38.3 cm³/mol. The van der Waals surface area contributed by atoms with E-state index < -0.39 is 0 Å². The van der Waals surface area contributed by atoms with Crippen molar-refractivity contribution in [2.75, 3.05) is 13.1 Å². The normalized spacial score (nSPS) is 8.90. The molecular formula is C6H12N2O2. The summed E-state index contributed by atoms with van der Waals surface area (Å²) in [7, 11) is 0. The summed E-state index contributed by atoms with van der Waals surface area (Å²) in [6.45, 7) is 2.71. The highest BCUT2D eigenvalue weighted by Gasteiger charge is 1.98. The molecule has 0 aromatic heterocycles. The van der Waals surface area contributed by atoms with Crippen molar-refractivity contribution >= 4 is 6.29 Å². The Labute approximate surface area is 60.2 Å². The lowest BCUT2D eigenvalue weighted by Crippen LogP contribution is -2.19. The Morgan fingerprint density at radius 2 is 2.30 bits per heavy atom. The van der Waals surface area contributed by atoms with Crippen LogP contribution in [0.5, 0.6) is 0 Å². The van der Waals surface area contributed by atoms with Crippen LogP contribution in [0.1, 0.15) is 19.8 Å². The molecule has 0 heterocycles. The molecule has 0 rings (SSSR count). The molecule has 0 saturated carbocycles. The second kappa shape index (κ2) is 6.19. The van der Waals surface area contributed by atoms with Gasteiger partial charge in [0.05, 0.1) is 11.8 Å². The average Bonchev–Trinajstić information content (AvgIpc) is 1.98. The van der Waals surface area contributed by atoms with E-state index >= 15 is 0 Å². The second-order valence-corrected chi connectivity index (χ2v) is 2.01. The van der Waals surface area contributed by atoms with Crippen LogP contribution >= 0.6 is 0 Å². The largest absolute Gasteiger partial charge is 0.301 e. The summed E-state index contributed by atoms with van der Waals surface area (Å²) < 4.78 is 0. The van der Waals surface area contributed by atoms with E-state index in [-0.39, 0.29) is 6.54 Å². The first-order valence-electron chi connectivity index (χ1n) is 3.37. The van der Waals surface area contributed by atoms with Crippen LogP contribution in [0.25, 0.3) is 0 Å². The monoisotopic (exact) mass is 144 g/mol. The third-order valence-corrected chi connectivity index (χ3v) is 1.17. The van der Waals surface area contributed by atoms with E-state index in [0.717, 1.165) is 12.8 Å².